The molecule has 1 fully saturated rings. The minimum absolute atomic E-state index is 0.0488. The number of ether oxygens (including phenoxy) is 1. The van der Waals surface area contributed by atoms with Gasteiger partial charge in [-0.1, -0.05) is 12.1 Å². The maximum absolute atomic E-state index is 12.1. The first-order chi connectivity index (χ1) is 8.22. The van der Waals surface area contributed by atoms with Crippen LogP contribution in [0.25, 0.3) is 0 Å². The molecule has 0 radical (unpaired) electrons. The van der Waals surface area contributed by atoms with Gasteiger partial charge in [0.1, 0.15) is 5.75 Å². The SMILES string of the molecule is COCC1CCN(C(=O)c2ccccc2O)C1. The first-order valence-corrected chi connectivity index (χ1v) is 5.78. The van der Waals surface area contributed by atoms with Crippen LogP contribution in [0.2, 0.25) is 0 Å². The number of benzene rings is 1. The van der Waals surface area contributed by atoms with Crippen LogP contribution in [-0.4, -0.2) is 42.7 Å². The van der Waals surface area contributed by atoms with E-state index in [1.165, 1.54) is 6.07 Å². The molecule has 0 saturated carbocycles. The van der Waals surface area contributed by atoms with Crippen LogP contribution in [0, 0.1) is 5.92 Å². The van der Waals surface area contributed by atoms with Crippen molar-refractivity contribution in [1.29, 1.82) is 0 Å². The predicted molar refractivity (Wildman–Crippen MR) is 64.0 cm³/mol. The fourth-order valence-electron chi connectivity index (χ4n) is 2.21. The van der Waals surface area contributed by atoms with Crippen LogP contribution in [0.3, 0.4) is 0 Å². The van der Waals surface area contributed by atoms with Crippen LogP contribution in [0.1, 0.15) is 16.8 Å². The Labute approximate surface area is 101 Å². The summed E-state index contributed by atoms with van der Waals surface area (Å²) in [5.41, 5.74) is 0.380. The van der Waals surface area contributed by atoms with Crippen LogP contribution >= 0.6 is 0 Å². The number of phenols is 1. The number of para-hydroxylation sites is 1. The first kappa shape index (κ1) is 11.9. The molecular weight excluding hydrogens is 218 g/mol. The summed E-state index contributed by atoms with van der Waals surface area (Å²) < 4.78 is 5.10. The number of carbonyl (C=O) groups is 1. The number of nitrogens with zero attached hydrogens (tertiary/aromatic N) is 1. The molecule has 0 bridgehead atoms. The molecule has 1 amide bonds. The Morgan fingerprint density at radius 2 is 2.29 bits per heavy atom. The van der Waals surface area contributed by atoms with E-state index >= 15 is 0 Å². The third kappa shape index (κ3) is 2.58. The highest BCUT2D eigenvalue weighted by atomic mass is 16.5. The molecule has 1 N–H and O–H groups in total. The minimum atomic E-state index is -0.0956. The molecule has 0 aromatic heterocycles. The molecule has 92 valence electrons. The van der Waals surface area contributed by atoms with E-state index in [4.69, 9.17) is 4.74 Å². The topological polar surface area (TPSA) is 49.8 Å². The fourth-order valence-corrected chi connectivity index (χ4v) is 2.21. The molecule has 1 aliphatic heterocycles. The molecule has 1 aromatic rings. The number of carbonyl (C=O) groups excluding carboxylic acids is 1. The van der Waals surface area contributed by atoms with Crippen LogP contribution < -0.4 is 0 Å². The van der Waals surface area contributed by atoms with Crippen LogP contribution in [-0.2, 0) is 4.74 Å². The van der Waals surface area contributed by atoms with E-state index in [1.807, 2.05) is 0 Å². The van der Waals surface area contributed by atoms with Gasteiger partial charge in [0.25, 0.3) is 5.91 Å². The number of likely N-dealkylation sites (tertiary alicyclic amines) is 1. The Hall–Kier alpha value is -1.55. The van der Waals surface area contributed by atoms with Gasteiger partial charge in [-0.15, -0.1) is 0 Å². The number of methoxy groups -OCH3 is 1. The van der Waals surface area contributed by atoms with Gasteiger partial charge in [-0.05, 0) is 18.6 Å². The van der Waals surface area contributed by atoms with Crippen molar-refractivity contribution in [1.82, 2.24) is 4.90 Å². The lowest BCUT2D eigenvalue weighted by molar-refractivity contribution is 0.0772. The van der Waals surface area contributed by atoms with E-state index in [0.29, 0.717) is 24.6 Å². The second-order valence-electron chi connectivity index (χ2n) is 4.38. The van der Waals surface area contributed by atoms with Gasteiger partial charge < -0.3 is 14.7 Å². The van der Waals surface area contributed by atoms with Crippen molar-refractivity contribution in [3.8, 4) is 5.75 Å². The molecule has 4 nitrogen and oxygen atoms in total. The van der Waals surface area contributed by atoms with Gasteiger partial charge in [0.05, 0.1) is 12.2 Å². The quantitative estimate of drug-likeness (QED) is 0.863. The second-order valence-corrected chi connectivity index (χ2v) is 4.38. The summed E-state index contributed by atoms with van der Waals surface area (Å²) in [5, 5.41) is 9.64. The van der Waals surface area contributed by atoms with Crippen molar-refractivity contribution >= 4 is 5.91 Å². The van der Waals surface area contributed by atoms with E-state index in [0.717, 1.165) is 13.0 Å². The van der Waals surface area contributed by atoms with Crippen molar-refractivity contribution < 1.29 is 14.6 Å². The van der Waals surface area contributed by atoms with Crippen molar-refractivity contribution in [2.45, 2.75) is 6.42 Å². The van der Waals surface area contributed by atoms with Gasteiger partial charge in [0.15, 0.2) is 0 Å². The van der Waals surface area contributed by atoms with E-state index in [9.17, 15) is 9.90 Å². The van der Waals surface area contributed by atoms with Gasteiger partial charge in [-0.2, -0.15) is 0 Å². The molecule has 0 spiro atoms. The van der Waals surface area contributed by atoms with Gasteiger partial charge in [0.2, 0.25) is 0 Å². The zero-order valence-corrected chi connectivity index (χ0v) is 9.93. The average Bonchev–Trinajstić information content (AvgIpc) is 2.78. The third-order valence-electron chi connectivity index (χ3n) is 3.11. The zero-order chi connectivity index (χ0) is 12.3. The lowest BCUT2D eigenvalue weighted by Crippen LogP contribution is -2.29. The van der Waals surface area contributed by atoms with E-state index < -0.39 is 0 Å². The maximum atomic E-state index is 12.1. The van der Waals surface area contributed by atoms with Crippen LogP contribution in [0.4, 0.5) is 0 Å². The zero-order valence-electron chi connectivity index (χ0n) is 9.93. The molecule has 1 aliphatic rings. The Bertz CT molecular complexity index is 405. The van der Waals surface area contributed by atoms with Crippen molar-refractivity contribution in [3.63, 3.8) is 0 Å². The number of amides is 1. The Morgan fingerprint density at radius 3 is 3.00 bits per heavy atom. The van der Waals surface area contributed by atoms with E-state index in [2.05, 4.69) is 0 Å². The molecule has 1 atom stereocenters. The van der Waals surface area contributed by atoms with Crippen LogP contribution in [0.15, 0.2) is 24.3 Å². The van der Waals surface area contributed by atoms with E-state index in [1.54, 1.807) is 30.2 Å². The summed E-state index contributed by atoms with van der Waals surface area (Å²) in [4.78, 5) is 13.9. The van der Waals surface area contributed by atoms with Crippen LogP contribution in [0.5, 0.6) is 5.75 Å². The fraction of sp³-hybridized carbons (Fsp3) is 0.462. The smallest absolute Gasteiger partial charge is 0.257 e. The number of rotatable bonds is 3. The number of phenolic OH excluding ortho intramolecular Hbond substituents is 1. The molecular formula is C13H17NO3. The minimum Gasteiger partial charge on any atom is -0.507 e. The summed E-state index contributed by atoms with van der Waals surface area (Å²) in [6.45, 7) is 2.13. The van der Waals surface area contributed by atoms with Gasteiger partial charge in [0, 0.05) is 26.1 Å². The Balaban J connectivity index is 2.05. The molecule has 4 heteroatoms. The number of hydrogen-bond acceptors (Lipinski definition) is 3. The lowest BCUT2D eigenvalue weighted by Gasteiger charge is -2.17. The highest BCUT2D eigenvalue weighted by Gasteiger charge is 2.27. The van der Waals surface area contributed by atoms with Crippen molar-refractivity contribution in [2.24, 2.45) is 5.92 Å². The number of hydrogen-bond donors (Lipinski definition) is 1. The molecule has 2 rings (SSSR count). The Morgan fingerprint density at radius 1 is 1.53 bits per heavy atom. The maximum Gasteiger partial charge on any atom is 0.257 e. The molecule has 17 heavy (non-hydrogen) atoms. The summed E-state index contributed by atoms with van der Waals surface area (Å²) >= 11 is 0. The molecule has 1 heterocycles. The average molecular weight is 235 g/mol. The predicted octanol–water partition coefficient (Wildman–Crippen LogP) is 1.50. The standard InChI is InChI=1S/C13H17NO3/c1-17-9-10-6-7-14(8-10)13(16)11-4-2-3-5-12(11)15/h2-5,10,15H,6-9H2,1H3. The van der Waals surface area contributed by atoms with Gasteiger partial charge in [-0.3, -0.25) is 4.79 Å². The van der Waals surface area contributed by atoms with Gasteiger partial charge >= 0.3 is 0 Å². The van der Waals surface area contributed by atoms with Crippen molar-refractivity contribution in [2.75, 3.05) is 26.8 Å². The third-order valence-corrected chi connectivity index (χ3v) is 3.11. The molecule has 1 aromatic carbocycles. The number of aromatic hydroxyl groups is 1. The summed E-state index contributed by atoms with van der Waals surface area (Å²) in [7, 11) is 1.67. The monoisotopic (exact) mass is 235 g/mol. The highest BCUT2D eigenvalue weighted by molar-refractivity contribution is 5.96. The largest absolute Gasteiger partial charge is 0.507 e. The Kier molecular flexibility index (Phi) is 3.64. The lowest BCUT2D eigenvalue weighted by atomic mass is 10.1. The molecule has 1 unspecified atom stereocenters. The summed E-state index contributed by atoms with van der Waals surface area (Å²) in [5.74, 6) is 0.365. The second kappa shape index (κ2) is 5.19. The van der Waals surface area contributed by atoms with E-state index in [-0.39, 0.29) is 11.7 Å². The highest BCUT2D eigenvalue weighted by Crippen LogP contribution is 2.23. The molecule has 1 saturated heterocycles. The summed E-state index contributed by atoms with van der Waals surface area (Å²) in [6.07, 6.45) is 0.965. The molecule has 0 aliphatic carbocycles. The van der Waals surface area contributed by atoms with Gasteiger partial charge in [-0.25, -0.2) is 0 Å². The normalized spacial score (nSPS) is 19.6. The first-order valence-electron chi connectivity index (χ1n) is 5.78. The summed E-state index contributed by atoms with van der Waals surface area (Å²) in [6, 6.07) is 6.66. The van der Waals surface area contributed by atoms with Crippen molar-refractivity contribution in [3.05, 3.63) is 29.8 Å².